The van der Waals surface area contributed by atoms with Gasteiger partial charge in [-0.25, -0.2) is 0 Å². The van der Waals surface area contributed by atoms with Gasteiger partial charge in [-0.15, -0.1) is 0 Å². The number of H-pyrrole nitrogens is 1. The lowest BCUT2D eigenvalue weighted by Crippen LogP contribution is -2.28. The number of rotatable bonds is 9. The Morgan fingerprint density at radius 3 is 2.48 bits per heavy atom. The van der Waals surface area contributed by atoms with Crippen molar-refractivity contribution in [2.45, 2.75) is 58.0 Å². The van der Waals surface area contributed by atoms with Gasteiger partial charge in [-0.2, -0.15) is 0 Å². The average molecular weight is 535 g/mol. The summed E-state index contributed by atoms with van der Waals surface area (Å²) in [6.07, 6.45) is 6.81. The molecule has 6 heteroatoms. The van der Waals surface area contributed by atoms with Crippen molar-refractivity contribution >= 4 is 28.2 Å². The number of piperidine rings is 1. The van der Waals surface area contributed by atoms with Crippen LogP contribution in [0, 0.1) is 5.92 Å². The number of carbonyl (C=O) groups is 1. The standard InChI is InChI=1S/C34H38N4O2/c1-2-29(24-9-5-3-6-10-24)36-33(39)26-15-18-30-28(21-26)31(34(40)37-30)32(25-13-14-25)35-27-16-11-23(12-17-27)22-38-19-7-4-8-20-38/h3,5-6,9-12,15-18,21,25,29,37,40H,2,4,7-8,13-14,19-20,22H2,1H3,(H,36,39)/t29-/m1/s1. The van der Waals surface area contributed by atoms with Crippen LogP contribution in [-0.4, -0.2) is 39.7 Å². The van der Waals surface area contributed by atoms with E-state index in [9.17, 15) is 9.90 Å². The molecule has 1 atom stereocenters. The van der Waals surface area contributed by atoms with Crippen molar-refractivity contribution in [3.8, 4) is 5.88 Å². The Kier molecular flexibility index (Phi) is 7.69. The number of nitrogens with one attached hydrogen (secondary N) is 2. The molecule has 1 saturated heterocycles. The Bertz CT molecular complexity index is 1500. The number of nitrogens with zero attached hydrogens (tertiary/aromatic N) is 2. The summed E-state index contributed by atoms with van der Waals surface area (Å²) in [5, 5.41) is 15.0. The summed E-state index contributed by atoms with van der Waals surface area (Å²) >= 11 is 0. The zero-order valence-corrected chi connectivity index (χ0v) is 23.2. The van der Waals surface area contributed by atoms with Crippen molar-refractivity contribution in [1.29, 1.82) is 0 Å². The van der Waals surface area contributed by atoms with Crippen LogP contribution in [0.1, 0.15) is 78.5 Å². The summed E-state index contributed by atoms with van der Waals surface area (Å²) in [7, 11) is 0. The quantitative estimate of drug-likeness (QED) is 0.198. The molecule has 206 valence electrons. The highest BCUT2D eigenvalue weighted by molar-refractivity contribution is 6.16. The van der Waals surface area contributed by atoms with Gasteiger partial charge in [0.2, 0.25) is 0 Å². The van der Waals surface area contributed by atoms with Gasteiger partial charge < -0.3 is 15.4 Å². The highest BCUT2D eigenvalue weighted by Gasteiger charge is 2.32. The minimum atomic E-state index is -0.126. The smallest absolute Gasteiger partial charge is 0.251 e. The van der Waals surface area contributed by atoms with Gasteiger partial charge in [0.15, 0.2) is 5.88 Å². The second kappa shape index (κ2) is 11.7. The van der Waals surface area contributed by atoms with E-state index in [1.807, 2.05) is 48.5 Å². The van der Waals surface area contributed by atoms with E-state index in [1.54, 1.807) is 0 Å². The monoisotopic (exact) mass is 534 g/mol. The number of aromatic amines is 1. The number of benzene rings is 3. The molecule has 40 heavy (non-hydrogen) atoms. The maximum absolute atomic E-state index is 13.3. The van der Waals surface area contributed by atoms with Crippen molar-refractivity contribution < 1.29 is 9.90 Å². The van der Waals surface area contributed by atoms with Gasteiger partial charge in [0, 0.05) is 28.9 Å². The molecular formula is C34H38N4O2. The van der Waals surface area contributed by atoms with Gasteiger partial charge in [0.1, 0.15) is 0 Å². The maximum Gasteiger partial charge on any atom is 0.251 e. The van der Waals surface area contributed by atoms with Crippen LogP contribution in [0.2, 0.25) is 0 Å². The normalized spacial score (nSPS) is 17.2. The first-order chi connectivity index (χ1) is 19.6. The van der Waals surface area contributed by atoms with Crippen molar-refractivity contribution in [3.63, 3.8) is 0 Å². The molecule has 2 aliphatic rings. The number of aliphatic imine (C=N–C) groups is 1. The van der Waals surface area contributed by atoms with Gasteiger partial charge in [-0.3, -0.25) is 14.7 Å². The number of hydrogen-bond donors (Lipinski definition) is 3. The van der Waals surface area contributed by atoms with E-state index in [0.717, 1.165) is 53.7 Å². The molecule has 6 rings (SSSR count). The van der Waals surface area contributed by atoms with Gasteiger partial charge in [-0.05, 0) is 86.7 Å². The Morgan fingerprint density at radius 1 is 1.02 bits per heavy atom. The van der Waals surface area contributed by atoms with Crippen molar-refractivity contribution in [3.05, 3.63) is 95.1 Å². The number of hydrogen-bond acceptors (Lipinski definition) is 4. The summed E-state index contributed by atoms with van der Waals surface area (Å²) in [5.41, 5.74) is 6.24. The summed E-state index contributed by atoms with van der Waals surface area (Å²) in [6.45, 7) is 5.41. The second-order valence-corrected chi connectivity index (χ2v) is 11.2. The molecule has 1 amide bonds. The second-order valence-electron chi connectivity index (χ2n) is 11.2. The van der Waals surface area contributed by atoms with Crippen molar-refractivity contribution in [2.75, 3.05) is 13.1 Å². The average Bonchev–Trinajstić information content (AvgIpc) is 3.78. The fourth-order valence-electron chi connectivity index (χ4n) is 5.83. The first-order valence-electron chi connectivity index (χ1n) is 14.7. The molecule has 3 aromatic carbocycles. The zero-order chi connectivity index (χ0) is 27.5. The fraction of sp³-hybridized carbons (Fsp3) is 0.353. The maximum atomic E-state index is 13.3. The van der Waals surface area contributed by atoms with Crippen LogP contribution in [0.25, 0.3) is 10.9 Å². The molecule has 1 aromatic heterocycles. The molecule has 0 unspecified atom stereocenters. The number of carbonyl (C=O) groups excluding carboxylic acids is 1. The molecule has 0 bridgehead atoms. The number of amides is 1. The Labute approximate surface area is 236 Å². The molecule has 2 heterocycles. The first kappa shape index (κ1) is 26.3. The highest BCUT2D eigenvalue weighted by atomic mass is 16.3. The highest BCUT2D eigenvalue weighted by Crippen LogP contribution is 2.40. The topological polar surface area (TPSA) is 80.7 Å². The molecular weight excluding hydrogens is 496 g/mol. The first-order valence-corrected chi connectivity index (χ1v) is 14.7. The molecule has 3 N–H and O–H groups in total. The number of fused-ring (bicyclic) bond motifs is 1. The summed E-state index contributed by atoms with van der Waals surface area (Å²) < 4.78 is 0. The Morgan fingerprint density at radius 2 is 1.77 bits per heavy atom. The van der Waals surface area contributed by atoms with Crippen LogP contribution in [0.4, 0.5) is 5.69 Å². The molecule has 0 radical (unpaired) electrons. The molecule has 4 aromatic rings. The minimum Gasteiger partial charge on any atom is -0.494 e. The van der Waals surface area contributed by atoms with Gasteiger partial charge in [0.05, 0.1) is 23.0 Å². The van der Waals surface area contributed by atoms with Crippen molar-refractivity contribution in [2.24, 2.45) is 10.9 Å². The van der Waals surface area contributed by atoms with E-state index in [2.05, 4.69) is 46.4 Å². The van der Waals surface area contributed by atoms with E-state index < -0.39 is 0 Å². The van der Waals surface area contributed by atoms with Crippen LogP contribution >= 0.6 is 0 Å². The third kappa shape index (κ3) is 5.82. The van der Waals surface area contributed by atoms with Crippen LogP contribution in [-0.2, 0) is 6.54 Å². The summed E-state index contributed by atoms with van der Waals surface area (Å²) in [6, 6.07) is 24.1. The van der Waals surface area contributed by atoms with E-state index in [0.29, 0.717) is 17.0 Å². The van der Waals surface area contributed by atoms with Gasteiger partial charge in [0.25, 0.3) is 5.91 Å². The predicted octanol–water partition coefficient (Wildman–Crippen LogP) is 7.27. The fourth-order valence-corrected chi connectivity index (χ4v) is 5.83. The lowest BCUT2D eigenvalue weighted by molar-refractivity contribution is 0.0935. The van der Waals surface area contributed by atoms with E-state index in [4.69, 9.17) is 4.99 Å². The number of aromatic nitrogens is 1. The van der Waals surface area contributed by atoms with Crippen LogP contribution < -0.4 is 5.32 Å². The minimum absolute atomic E-state index is 0.0648. The molecule has 6 nitrogen and oxygen atoms in total. The lowest BCUT2D eigenvalue weighted by Gasteiger charge is -2.26. The van der Waals surface area contributed by atoms with E-state index in [-0.39, 0.29) is 17.8 Å². The van der Waals surface area contributed by atoms with Crippen LogP contribution in [0.3, 0.4) is 0 Å². The molecule has 1 aliphatic carbocycles. The van der Waals surface area contributed by atoms with Crippen LogP contribution in [0.15, 0.2) is 77.8 Å². The Hall–Kier alpha value is -3.90. The predicted molar refractivity (Wildman–Crippen MR) is 161 cm³/mol. The zero-order valence-electron chi connectivity index (χ0n) is 23.2. The SMILES string of the molecule is CC[C@@H](NC(=O)c1ccc2[nH]c(O)c(C(=Nc3ccc(CN4CCCCC4)cc3)C3CC3)c2c1)c1ccccc1. The van der Waals surface area contributed by atoms with Gasteiger partial charge >= 0.3 is 0 Å². The molecule has 1 aliphatic heterocycles. The third-order valence-electron chi connectivity index (χ3n) is 8.22. The number of aromatic hydroxyl groups is 1. The van der Waals surface area contributed by atoms with Crippen molar-refractivity contribution in [1.82, 2.24) is 15.2 Å². The van der Waals surface area contributed by atoms with E-state index in [1.165, 1.54) is 37.9 Å². The molecule has 2 fully saturated rings. The largest absolute Gasteiger partial charge is 0.494 e. The Balaban J connectivity index is 1.27. The summed E-state index contributed by atoms with van der Waals surface area (Å²) in [5.74, 6) is 0.284. The van der Waals surface area contributed by atoms with E-state index >= 15 is 0 Å². The molecule has 0 spiro atoms. The number of likely N-dealkylation sites (tertiary alicyclic amines) is 1. The lowest BCUT2D eigenvalue weighted by atomic mass is 10.0. The summed E-state index contributed by atoms with van der Waals surface area (Å²) in [4.78, 5) is 24.0. The van der Waals surface area contributed by atoms with Gasteiger partial charge in [-0.1, -0.05) is 55.8 Å². The third-order valence-corrected chi connectivity index (χ3v) is 8.22. The molecule has 1 saturated carbocycles. The van der Waals surface area contributed by atoms with Crippen LogP contribution in [0.5, 0.6) is 5.88 Å².